The van der Waals surface area contributed by atoms with Crippen LogP contribution < -0.4 is 10.6 Å². The monoisotopic (exact) mass is 507 g/mol. The molecule has 0 aliphatic carbocycles. The van der Waals surface area contributed by atoms with Crippen molar-refractivity contribution in [3.05, 3.63) is 66.2 Å². The van der Waals surface area contributed by atoms with Gasteiger partial charge in [-0.2, -0.15) is 5.26 Å². The van der Waals surface area contributed by atoms with Crippen molar-refractivity contribution in [2.75, 3.05) is 32.5 Å². The van der Waals surface area contributed by atoms with Crippen LogP contribution in [0.2, 0.25) is 0 Å². The van der Waals surface area contributed by atoms with Crippen molar-refractivity contribution >= 4 is 29.8 Å². The molecular formula is C28H37N5O4. The minimum Gasteiger partial charge on any atom is -0.362 e. The maximum atomic E-state index is 12.7. The van der Waals surface area contributed by atoms with Crippen molar-refractivity contribution in [2.45, 2.75) is 33.2 Å². The predicted molar refractivity (Wildman–Crippen MR) is 143 cm³/mol. The number of para-hydroxylation sites is 1. The summed E-state index contributed by atoms with van der Waals surface area (Å²) in [6.45, 7) is 6.50. The molecule has 9 heteroatoms. The van der Waals surface area contributed by atoms with Gasteiger partial charge in [-0.1, -0.05) is 57.2 Å². The highest BCUT2D eigenvalue weighted by Crippen LogP contribution is 2.25. The van der Waals surface area contributed by atoms with Crippen molar-refractivity contribution in [1.29, 1.82) is 5.26 Å². The van der Waals surface area contributed by atoms with Crippen LogP contribution in [0.4, 0.5) is 5.69 Å². The Morgan fingerprint density at radius 3 is 2.08 bits per heavy atom. The van der Waals surface area contributed by atoms with E-state index >= 15 is 0 Å². The number of rotatable bonds is 6. The second kappa shape index (κ2) is 16.5. The molecule has 0 spiro atoms. The molecule has 1 aliphatic heterocycles. The molecule has 1 fully saturated rings. The molecule has 2 N–H and O–H groups in total. The molecule has 2 aromatic rings. The number of nitrogens with zero attached hydrogens (tertiary/aromatic N) is 3. The van der Waals surface area contributed by atoms with Crippen LogP contribution in [0, 0.1) is 23.2 Å². The van der Waals surface area contributed by atoms with Gasteiger partial charge < -0.3 is 20.4 Å². The number of nitriles is 1. The van der Waals surface area contributed by atoms with E-state index in [1.54, 1.807) is 50.5 Å². The van der Waals surface area contributed by atoms with E-state index in [-0.39, 0.29) is 37.2 Å². The highest BCUT2D eigenvalue weighted by Gasteiger charge is 2.39. The van der Waals surface area contributed by atoms with Gasteiger partial charge in [-0.15, -0.1) is 0 Å². The fraction of sp³-hybridized carbons (Fsp3) is 0.393. The summed E-state index contributed by atoms with van der Waals surface area (Å²) in [6.07, 6.45) is 0.900. The highest BCUT2D eigenvalue weighted by atomic mass is 16.2. The van der Waals surface area contributed by atoms with E-state index in [0.717, 1.165) is 5.92 Å². The SMILES string of the molecule is CC(C)C.CN(CC(=O)N1CC(C(=O)Nc2ccccc2)CC1C#N)C(=O)c1ccccc1.CNC=O. The minimum atomic E-state index is -0.686. The van der Waals surface area contributed by atoms with Crippen molar-refractivity contribution in [3.63, 3.8) is 0 Å². The third-order valence-corrected chi connectivity index (χ3v) is 5.04. The van der Waals surface area contributed by atoms with Crippen LogP contribution in [0.1, 0.15) is 37.6 Å². The summed E-state index contributed by atoms with van der Waals surface area (Å²) in [7, 11) is 3.11. The Morgan fingerprint density at radius 1 is 1.08 bits per heavy atom. The topological polar surface area (TPSA) is 123 Å². The molecule has 0 radical (unpaired) electrons. The summed E-state index contributed by atoms with van der Waals surface area (Å²) in [4.78, 5) is 49.5. The number of hydrogen-bond acceptors (Lipinski definition) is 5. The summed E-state index contributed by atoms with van der Waals surface area (Å²) >= 11 is 0. The first-order valence-corrected chi connectivity index (χ1v) is 12.1. The van der Waals surface area contributed by atoms with Gasteiger partial charge in [0.05, 0.1) is 18.5 Å². The Labute approximate surface area is 219 Å². The largest absolute Gasteiger partial charge is 0.362 e. The van der Waals surface area contributed by atoms with E-state index in [9.17, 15) is 19.6 Å². The van der Waals surface area contributed by atoms with Crippen molar-refractivity contribution in [2.24, 2.45) is 11.8 Å². The van der Waals surface area contributed by atoms with Crippen LogP contribution in [0.3, 0.4) is 0 Å². The van der Waals surface area contributed by atoms with E-state index in [4.69, 9.17) is 4.79 Å². The lowest BCUT2D eigenvalue weighted by molar-refractivity contribution is -0.131. The highest BCUT2D eigenvalue weighted by molar-refractivity contribution is 5.97. The lowest BCUT2D eigenvalue weighted by atomic mass is 10.1. The maximum absolute atomic E-state index is 12.7. The molecular weight excluding hydrogens is 470 g/mol. The van der Waals surface area contributed by atoms with Crippen LogP contribution in [0.25, 0.3) is 0 Å². The normalized spacial score (nSPS) is 15.6. The van der Waals surface area contributed by atoms with Gasteiger partial charge in [0, 0.05) is 31.9 Å². The van der Waals surface area contributed by atoms with E-state index in [1.807, 2.05) is 24.3 Å². The summed E-state index contributed by atoms with van der Waals surface area (Å²) in [5, 5.41) is 14.5. The van der Waals surface area contributed by atoms with Gasteiger partial charge in [-0.05, 0) is 36.6 Å². The number of likely N-dealkylation sites (N-methyl/N-ethyl adjacent to an activating group) is 1. The van der Waals surface area contributed by atoms with Gasteiger partial charge in [0.25, 0.3) is 5.91 Å². The van der Waals surface area contributed by atoms with Crippen LogP contribution in [-0.4, -0.2) is 67.2 Å². The number of carbonyl (C=O) groups excluding carboxylic acids is 4. The Bertz CT molecular complexity index is 1030. The molecule has 2 atom stereocenters. The van der Waals surface area contributed by atoms with Gasteiger partial charge in [0.1, 0.15) is 6.04 Å². The third-order valence-electron chi connectivity index (χ3n) is 5.04. The molecule has 4 amide bonds. The van der Waals surface area contributed by atoms with Crippen molar-refractivity contribution < 1.29 is 19.2 Å². The third kappa shape index (κ3) is 10.9. The Balaban J connectivity index is 0.000000751. The minimum absolute atomic E-state index is 0.154. The first-order chi connectivity index (χ1) is 17.6. The quantitative estimate of drug-likeness (QED) is 0.582. The Kier molecular flexibility index (Phi) is 13.7. The summed E-state index contributed by atoms with van der Waals surface area (Å²) in [6, 6.07) is 19.1. The number of hydrogen-bond donors (Lipinski definition) is 2. The Hall–Kier alpha value is -4.19. The van der Waals surface area contributed by atoms with Gasteiger partial charge in [0.15, 0.2) is 0 Å². The van der Waals surface area contributed by atoms with E-state index < -0.39 is 12.0 Å². The second-order valence-corrected chi connectivity index (χ2v) is 9.14. The number of likely N-dealkylation sites (tertiary alicyclic amines) is 1. The van der Waals surface area contributed by atoms with Crippen LogP contribution in [0.15, 0.2) is 60.7 Å². The molecule has 2 aromatic carbocycles. The number of nitrogens with one attached hydrogen (secondary N) is 2. The number of carbonyl (C=O) groups is 4. The molecule has 1 aliphatic rings. The maximum Gasteiger partial charge on any atom is 0.254 e. The van der Waals surface area contributed by atoms with Gasteiger partial charge in [-0.3, -0.25) is 19.2 Å². The molecule has 198 valence electrons. The van der Waals surface area contributed by atoms with E-state index in [1.165, 1.54) is 9.80 Å². The number of anilines is 1. The average Bonchev–Trinajstić information content (AvgIpc) is 3.34. The average molecular weight is 508 g/mol. The summed E-state index contributed by atoms with van der Waals surface area (Å²) in [5.74, 6) is -0.484. The zero-order valence-corrected chi connectivity index (χ0v) is 22.2. The smallest absolute Gasteiger partial charge is 0.254 e. The molecule has 0 bridgehead atoms. The predicted octanol–water partition coefficient (Wildman–Crippen LogP) is 3.16. The fourth-order valence-electron chi connectivity index (χ4n) is 3.36. The zero-order valence-electron chi connectivity index (χ0n) is 22.2. The van der Waals surface area contributed by atoms with Crippen molar-refractivity contribution in [1.82, 2.24) is 15.1 Å². The number of amides is 4. The standard InChI is InChI=1S/C22H22N4O3.C4H10.C2H5NO/c1-25(22(29)16-8-4-2-5-9-16)15-20(27)26-14-17(12-19(26)13-23)21(28)24-18-10-6-3-7-11-18;1-4(2)3;1-3-2-4/h2-11,17,19H,12,14-15H2,1H3,(H,24,28);4H,1-3H3;2H,1H3,(H,3,4). The molecule has 1 saturated heterocycles. The number of benzene rings is 2. The second-order valence-electron chi connectivity index (χ2n) is 9.14. The van der Waals surface area contributed by atoms with E-state index in [0.29, 0.717) is 17.7 Å². The summed E-state index contributed by atoms with van der Waals surface area (Å²) in [5.41, 5.74) is 1.16. The molecule has 3 rings (SSSR count). The molecule has 37 heavy (non-hydrogen) atoms. The molecule has 0 saturated carbocycles. The first kappa shape index (κ1) is 30.8. The summed E-state index contributed by atoms with van der Waals surface area (Å²) < 4.78 is 0. The molecule has 0 aromatic heterocycles. The molecule has 2 unspecified atom stereocenters. The van der Waals surface area contributed by atoms with Gasteiger partial charge >= 0.3 is 0 Å². The van der Waals surface area contributed by atoms with Crippen molar-refractivity contribution in [3.8, 4) is 6.07 Å². The van der Waals surface area contributed by atoms with Crippen LogP contribution >= 0.6 is 0 Å². The fourth-order valence-corrected chi connectivity index (χ4v) is 3.36. The lowest BCUT2D eigenvalue weighted by Crippen LogP contribution is -2.43. The molecule has 1 heterocycles. The molecule has 9 nitrogen and oxygen atoms in total. The Morgan fingerprint density at radius 2 is 1.59 bits per heavy atom. The lowest BCUT2D eigenvalue weighted by Gasteiger charge is -2.24. The zero-order chi connectivity index (χ0) is 27.8. The van der Waals surface area contributed by atoms with Crippen LogP contribution in [-0.2, 0) is 14.4 Å². The van der Waals surface area contributed by atoms with Gasteiger partial charge in [-0.25, -0.2) is 0 Å². The van der Waals surface area contributed by atoms with Crippen LogP contribution in [0.5, 0.6) is 0 Å². The van der Waals surface area contributed by atoms with Gasteiger partial charge in [0.2, 0.25) is 18.2 Å². The van der Waals surface area contributed by atoms with E-state index in [2.05, 4.69) is 37.5 Å². The first-order valence-electron chi connectivity index (χ1n) is 12.1.